The van der Waals surface area contributed by atoms with Gasteiger partial charge in [-0.25, -0.2) is 0 Å². The van der Waals surface area contributed by atoms with Crippen molar-refractivity contribution in [3.05, 3.63) is 69.8 Å². The van der Waals surface area contributed by atoms with Crippen LogP contribution < -0.4 is 4.90 Å². The molecule has 0 spiro atoms. The number of hydrogen-bond donors (Lipinski definition) is 1. The smallest absolute Gasteiger partial charge is 0.269 e. The number of nitrogens with zero attached hydrogens (tertiary/aromatic N) is 2. The highest BCUT2D eigenvalue weighted by molar-refractivity contribution is 7.86. The summed E-state index contributed by atoms with van der Waals surface area (Å²) < 4.78 is 33.5. The van der Waals surface area contributed by atoms with E-state index in [1.807, 2.05) is 6.08 Å². The predicted octanol–water partition coefficient (Wildman–Crippen LogP) is 4.98. The Morgan fingerprint density at radius 2 is 1.67 bits per heavy atom. The minimum absolute atomic E-state index is 0.218. The van der Waals surface area contributed by atoms with E-state index in [-0.39, 0.29) is 16.7 Å². The van der Waals surface area contributed by atoms with Gasteiger partial charge in [-0.1, -0.05) is 39.0 Å². The lowest BCUT2D eigenvalue weighted by molar-refractivity contribution is 0.0834. The molecule has 1 atom stereocenters. The van der Waals surface area contributed by atoms with Gasteiger partial charge in [0, 0.05) is 30.7 Å². The Labute approximate surface area is 198 Å². The summed E-state index contributed by atoms with van der Waals surface area (Å²) in [6, 6.07) is 6.57. The number of anilines is 1. The average Bonchev–Trinajstić information content (AvgIpc) is 2.66. The SMILES string of the molecule is CCN1C(C)(C)C=C(CS(=O)(=O)O)C2=CC3=Cc4ccc(N(C)C)cc4C(C)(C)C3=CC21C. The molecule has 1 aromatic rings. The van der Waals surface area contributed by atoms with E-state index in [1.54, 1.807) is 0 Å². The van der Waals surface area contributed by atoms with Crippen molar-refractivity contribution in [1.82, 2.24) is 4.90 Å². The van der Waals surface area contributed by atoms with Crippen LogP contribution in [0, 0.1) is 0 Å². The minimum atomic E-state index is -4.16. The van der Waals surface area contributed by atoms with Gasteiger partial charge < -0.3 is 4.90 Å². The number of benzene rings is 1. The van der Waals surface area contributed by atoms with Gasteiger partial charge in [-0.2, -0.15) is 8.42 Å². The number of fused-ring (bicyclic) bond motifs is 3. The topological polar surface area (TPSA) is 60.9 Å². The molecule has 178 valence electrons. The zero-order valence-corrected chi connectivity index (χ0v) is 21.8. The van der Waals surface area contributed by atoms with Crippen LogP contribution in [0.5, 0.6) is 0 Å². The van der Waals surface area contributed by atoms with E-state index >= 15 is 0 Å². The summed E-state index contributed by atoms with van der Waals surface area (Å²) in [7, 11) is -0.0484. The van der Waals surface area contributed by atoms with Crippen molar-refractivity contribution in [3.8, 4) is 0 Å². The highest BCUT2D eigenvalue weighted by atomic mass is 32.2. The van der Waals surface area contributed by atoms with Gasteiger partial charge in [0.05, 0.1) is 5.54 Å². The van der Waals surface area contributed by atoms with Gasteiger partial charge in [-0.15, -0.1) is 0 Å². The largest absolute Gasteiger partial charge is 0.378 e. The maximum atomic E-state index is 11.9. The van der Waals surface area contributed by atoms with Crippen LogP contribution in [0.25, 0.3) is 6.08 Å². The summed E-state index contributed by atoms with van der Waals surface area (Å²) >= 11 is 0. The van der Waals surface area contributed by atoms with E-state index in [9.17, 15) is 13.0 Å². The Morgan fingerprint density at radius 1 is 1.00 bits per heavy atom. The summed E-state index contributed by atoms with van der Waals surface area (Å²) in [6.07, 6.45) is 8.69. The molecule has 0 bridgehead atoms. The number of likely N-dealkylation sites (N-methyl/N-ethyl adjacent to an activating group) is 1. The molecule has 1 heterocycles. The summed E-state index contributed by atoms with van der Waals surface area (Å²) in [5, 5.41) is 0. The molecule has 4 rings (SSSR count). The highest BCUT2D eigenvalue weighted by Gasteiger charge is 2.49. The zero-order valence-electron chi connectivity index (χ0n) is 21.0. The second-order valence-electron chi connectivity index (χ2n) is 10.9. The molecule has 1 N–H and O–H groups in total. The van der Waals surface area contributed by atoms with Crippen LogP contribution in [-0.2, 0) is 15.5 Å². The lowest BCUT2D eigenvalue weighted by atomic mass is 9.62. The van der Waals surface area contributed by atoms with Gasteiger partial charge in [-0.3, -0.25) is 9.45 Å². The normalized spacial score (nSPS) is 25.6. The molecule has 0 saturated heterocycles. The van der Waals surface area contributed by atoms with E-state index < -0.39 is 15.7 Å². The highest BCUT2D eigenvalue weighted by Crippen LogP contribution is 2.52. The fourth-order valence-electron chi connectivity index (χ4n) is 6.16. The number of hydrogen-bond acceptors (Lipinski definition) is 4. The quantitative estimate of drug-likeness (QED) is 0.632. The molecule has 0 aromatic heterocycles. The standard InChI is InChI=1S/C27H36N2O3S/c1-9-29-25(2,3)15-20(17-33(30,31)32)23-13-19-12-18-10-11-21(28(7)8)14-22(18)26(4,5)24(19)16-27(23,29)6/h10-16H,9,17H2,1-8H3,(H,30,31,32). The Kier molecular flexibility index (Phi) is 5.40. The Hall–Kier alpha value is -2.15. The van der Waals surface area contributed by atoms with Crippen LogP contribution in [0.4, 0.5) is 5.69 Å². The third-order valence-electron chi connectivity index (χ3n) is 7.58. The Balaban J connectivity index is 1.98. The number of rotatable bonds is 4. The summed E-state index contributed by atoms with van der Waals surface area (Å²) in [5.41, 5.74) is 6.54. The monoisotopic (exact) mass is 468 g/mol. The lowest BCUT2D eigenvalue weighted by Gasteiger charge is -2.55. The Morgan fingerprint density at radius 3 is 2.24 bits per heavy atom. The third-order valence-corrected chi connectivity index (χ3v) is 8.25. The molecular formula is C27H36N2O3S. The van der Waals surface area contributed by atoms with Crippen LogP contribution in [0.2, 0.25) is 0 Å². The molecule has 0 amide bonds. The van der Waals surface area contributed by atoms with Crippen LogP contribution in [0.1, 0.15) is 52.7 Å². The van der Waals surface area contributed by atoms with Crippen LogP contribution >= 0.6 is 0 Å². The molecule has 0 radical (unpaired) electrons. The first-order valence-corrected chi connectivity index (χ1v) is 13.2. The predicted molar refractivity (Wildman–Crippen MR) is 137 cm³/mol. The Bertz CT molecular complexity index is 1250. The van der Waals surface area contributed by atoms with Gasteiger partial charge in [0.1, 0.15) is 5.75 Å². The molecule has 2 aliphatic carbocycles. The molecule has 0 saturated carbocycles. The number of allylic oxidation sites excluding steroid dienone is 3. The second-order valence-corrected chi connectivity index (χ2v) is 12.4. The van der Waals surface area contributed by atoms with E-state index in [1.165, 1.54) is 22.4 Å². The van der Waals surface area contributed by atoms with Gasteiger partial charge in [0.25, 0.3) is 10.1 Å². The van der Waals surface area contributed by atoms with Crippen molar-refractivity contribution in [2.24, 2.45) is 0 Å². The first-order chi connectivity index (χ1) is 15.1. The van der Waals surface area contributed by atoms with Crippen molar-refractivity contribution >= 4 is 21.9 Å². The van der Waals surface area contributed by atoms with Crippen LogP contribution in [0.15, 0.2) is 58.7 Å². The van der Waals surface area contributed by atoms with Crippen molar-refractivity contribution in [3.63, 3.8) is 0 Å². The summed E-state index contributed by atoms with van der Waals surface area (Å²) in [4.78, 5) is 4.53. The van der Waals surface area contributed by atoms with Crippen LogP contribution in [0.3, 0.4) is 0 Å². The molecule has 6 heteroatoms. The molecule has 0 fully saturated rings. The van der Waals surface area contributed by atoms with E-state index in [0.29, 0.717) is 5.57 Å². The average molecular weight is 469 g/mol. The second kappa shape index (κ2) is 7.42. The molecular weight excluding hydrogens is 432 g/mol. The third kappa shape index (κ3) is 3.82. The minimum Gasteiger partial charge on any atom is -0.378 e. The fourth-order valence-corrected chi connectivity index (χ4v) is 6.79. The van der Waals surface area contributed by atoms with Gasteiger partial charge in [0.15, 0.2) is 0 Å². The van der Waals surface area contributed by atoms with Gasteiger partial charge in [-0.05, 0) is 85.0 Å². The molecule has 3 aliphatic rings. The first-order valence-electron chi connectivity index (χ1n) is 11.5. The van der Waals surface area contributed by atoms with E-state index in [4.69, 9.17) is 0 Å². The van der Waals surface area contributed by atoms with Crippen LogP contribution in [-0.4, -0.2) is 55.3 Å². The molecule has 33 heavy (non-hydrogen) atoms. The maximum absolute atomic E-state index is 11.9. The van der Waals surface area contributed by atoms with Crippen molar-refractivity contribution in [2.75, 3.05) is 31.3 Å². The van der Waals surface area contributed by atoms with Gasteiger partial charge in [0.2, 0.25) is 0 Å². The van der Waals surface area contributed by atoms with Crippen molar-refractivity contribution in [1.29, 1.82) is 0 Å². The zero-order chi connectivity index (χ0) is 24.6. The molecule has 1 aliphatic heterocycles. The van der Waals surface area contributed by atoms with Gasteiger partial charge >= 0.3 is 0 Å². The lowest BCUT2D eigenvalue weighted by Crippen LogP contribution is -2.60. The summed E-state index contributed by atoms with van der Waals surface area (Å²) in [6.45, 7) is 13.9. The summed E-state index contributed by atoms with van der Waals surface area (Å²) in [5.74, 6) is -0.377. The van der Waals surface area contributed by atoms with E-state index in [2.05, 4.69) is 102 Å². The molecule has 1 aromatic carbocycles. The van der Waals surface area contributed by atoms with Crippen molar-refractivity contribution in [2.45, 2.75) is 58.0 Å². The molecule has 5 nitrogen and oxygen atoms in total. The van der Waals surface area contributed by atoms with Crippen molar-refractivity contribution < 1.29 is 13.0 Å². The maximum Gasteiger partial charge on any atom is 0.269 e. The van der Waals surface area contributed by atoms with E-state index in [0.717, 1.165) is 17.7 Å². The molecule has 1 unspecified atom stereocenters. The fraction of sp³-hybridized carbons (Fsp3) is 0.481. The first kappa shape index (κ1) is 24.0.